The first-order valence-corrected chi connectivity index (χ1v) is 5.52. The summed E-state index contributed by atoms with van der Waals surface area (Å²) in [6.07, 6.45) is -2.65. The van der Waals surface area contributed by atoms with E-state index in [1.54, 1.807) is 6.92 Å². The molecular formula is C10H16N4O4. The van der Waals surface area contributed by atoms with Gasteiger partial charge in [-0.3, -0.25) is 4.57 Å². The Labute approximate surface area is 103 Å². The summed E-state index contributed by atoms with van der Waals surface area (Å²) in [6, 6.07) is 0. The molecular weight excluding hydrogens is 240 g/mol. The highest BCUT2D eigenvalue weighted by Crippen LogP contribution is 2.28. The first kappa shape index (κ1) is 13.0. The minimum atomic E-state index is -1.24. The van der Waals surface area contributed by atoms with Crippen LogP contribution in [0.25, 0.3) is 0 Å². The number of aliphatic hydroxyl groups excluding tert-OH is 2. The Balaban J connectivity index is 2.39. The molecule has 1 aromatic heterocycles. The molecule has 8 heteroatoms. The number of aromatic nitrogens is 2. The van der Waals surface area contributed by atoms with Crippen molar-refractivity contribution in [3.8, 4) is 0 Å². The second-order valence-corrected chi connectivity index (χ2v) is 4.28. The molecule has 0 radical (unpaired) electrons. The van der Waals surface area contributed by atoms with Gasteiger partial charge in [0.2, 0.25) is 0 Å². The van der Waals surface area contributed by atoms with Gasteiger partial charge in [-0.1, -0.05) is 0 Å². The maximum absolute atomic E-state index is 11.7. The van der Waals surface area contributed by atoms with Crippen LogP contribution in [0.2, 0.25) is 0 Å². The SMILES string of the molecule is Cc1cn([C@@H]2O[C@H](CN)C(O)C2O)c(=O)nc1N. The van der Waals surface area contributed by atoms with Crippen LogP contribution in [0.4, 0.5) is 5.82 Å². The number of nitrogen functional groups attached to an aromatic ring is 1. The van der Waals surface area contributed by atoms with Gasteiger partial charge in [0.25, 0.3) is 0 Å². The molecule has 0 spiro atoms. The Morgan fingerprint density at radius 1 is 1.50 bits per heavy atom. The van der Waals surface area contributed by atoms with E-state index in [1.807, 2.05) is 0 Å². The monoisotopic (exact) mass is 256 g/mol. The van der Waals surface area contributed by atoms with Gasteiger partial charge in [-0.05, 0) is 6.92 Å². The van der Waals surface area contributed by atoms with E-state index >= 15 is 0 Å². The lowest BCUT2D eigenvalue weighted by Crippen LogP contribution is -2.37. The number of aryl methyl sites for hydroxylation is 1. The predicted molar refractivity (Wildman–Crippen MR) is 62.6 cm³/mol. The summed E-state index contributed by atoms with van der Waals surface area (Å²) in [6.45, 7) is 1.72. The Bertz CT molecular complexity index is 503. The van der Waals surface area contributed by atoms with E-state index in [2.05, 4.69) is 4.98 Å². The van der Waals surface area contributed by atoms with Crippen molar-refractivity contribution < 1.29 is 14.9 Å². The molecule has 0 bridgehead atoms. The molecule has 0 aliphatic carbocycles. The van der Waals surface area contributed by atoms with Crippen LogP contribution in [0.5, 0.6) is 0 Å². The molecule has 100 valence electrons. The highest BCUT2D eigenvalue weighted by molar-refractivity contribution is 5.35. The van der Waals surface area contributed by atoms with Crippen molar-refractivity contribution in [2.24, 2.45) is 5.73 Å². The molecule has 6 N–H and O–H groups in total. The third-order valence-corrected chi connectivity index (χ3v) is 3.02. The van der Waals surface area contributed by atoms with Gasteiger partial charge in [0.05, 0.1) is 0 Å². The lowest BCUT2D eigenvalue weighted by molar-refractivity contribution is -0.0372. The second kappa shape index (κ2) is 4.65. The van der Waals surface area contributed by atoms with E-state index in [0.717, 1.165) is 4.57 Å². The maximum Gasteiger partial charge on any atom is 0.351 e. The van der Waals surface area contributed by atoms with Crippen molar-refractivity contribution in [2.75, 3.05) is 12.3 Å². The molecule has 0 saturated carbocycles. The molecule has 8 nitrogen and oxygen atoms in total. The van der Waals surface area contributed by atoms with Crippen molar-refractivity contribution in [2.45, 2.75) is 31.5 Å². The van der Waals surface area contributed by atoms with Crippen molar-refractivity contribution in [3.63, 3.8) is 0 Å². The maximum atomic E-state index is 11.7. The van der Waals surface area contributed by atoms with Gasteiger partial charge in [0.1, 0.15) is 24.1 Å². The van der Waals surface area contributed by atoms with Crippen LogP contribution in [0.3, 0.4) is 0 Å². The fraction of sp³-hybridized carbons (Fsp3) is 0.600. The van der Waals surface area contributed by atoms with Crippen molar-refractivity contribution in [1.29, 1.82) is 0 Å². The highest BCUT2D eigenvalue weighted by Gasteiger charge is 2.43. The molecule has 4 atom stereocenters. The summed E-state index contributed by atoms with van der Waals surface area (Å²) >= 11 is 0. The smallest absolute Gasteiger partial charge is 0.351 e. The Hall–Kier alpha value is -1.48. The average molecular weight is 256 g/mol. The molecule has 0 amide bonds. The topological polar surface area (TPSA) is 137 Å². The summed E-state index contributed by atoms with van der Waals surface area (Å²) in [4.78, 5) is 15.3. The van der Waals surface area contributed by atoms with E-state index in [9.17, 15) is 15.0 Å². The Morgan fingerprint density at radius 2 is 2.17 bits per heavy atom. The van der Waals surface area contributed by atoms with Crippen LogP contribution in [-0.4, -0.2) is 44.6 Å². The standard InChI is InChI=1S/C10H16N4O4/c1-4-3-14(10(17)13-8(4)12)9-7(16)6(15)5(2-11)18-9/h3,5-7,9,15-16H,2,11H2,1H3,(H2,12,13,17)/t5-,6?,7?,9-/m1/s1. The second-order valence-electron chi connectivity index (χ2n) is 4.28. The van der Waals surface area contributed by atoms with Gasteiger partial charge in [-0.15, -0.1) is 0 Å². The average Bonchev–Trinajstić information content (AvgIpc) is 2.61. The summed E-state index contributed by atoms with van der Waals surface area (Å²) in [5.74, 6) is 0.125. The Morgan fingerprint density at radius 3 is 2.72 bits per heavy atom. The number of nitrogens with zero attached hydrogens (tertiary/aromatic N) is 2. The molecule has 2 rings (SSSR count). The fourth-order valence-corrected chi connectivity index (χ4v) is 1.92. The molecule has 1 aliphatic heterocycles. The normalized spacial score (nSPS) is 31.8. The number of hydrogen-bond acceptors (Lipinski definition) is 7. The lowest BCUT2D eigenvalue weighted by Gasteiger charge is -2.17. The van der Waals surface area contributed by atoms with Crippen LogP contribution in [0.1, 0.15) is 11.8 Å². The third kappa shape index (κ3) is 1.99. The number of nitrogens with two attached hydrogens (primary N) is 2. The summed E-state index contributed by atoms with van der Waals surface area (Å²) in [5.41, 5.74) is 10.8. The molecule has 2 unspecified atom stereocenters. The summed E-state index contributed by atoms with van der Waals surface area (Å²) in [5, 5.41) is 19.5. The van der Waals surface area contributed by atoms with Gasteiger partial charge in [-0.25, -0.2) is 4.79 Å². The van der Waals surface area contributed by atoms with Crippen LogP contribution >= 0.6 is 0 Å². The van der Waals surface area contributed by atoms with E-state index < -0.39 is 30.2 Å². The van der Waals surface area contributed by atoms with Gasteiger partial charge in [0, 0.05) is 18.3 Å². The number of anilines is 1. The van der Waals surface area contributed by atoms with E-state index in [0.29, 0.717) is 5.56 Å². The van der Waals surface area contributed by atoms with Gasteiger partial charge in [-0.2, -0.15) is 4.98 Å². The van der Waals surface area contributed by atoms with Crippen LogP contribution in [-0.2, 0) is 4.74 Å². The zero-order chi connectivity index (χ0) is 13.4. The molecule has 1 saturated heterocycles. The van der Waals surface area contributed by atoms with Gasteiger partial charge >= 0.3 is 5.69 Å². The van der Waals surface area contributed by atoms with Gasteiger partial charge in [0.15, 0.2) is 6.23 Å². The third-order valence-electron chi connectivity index (χ3n) is 3.02. The molecule has 1 aromatic rings. The van der Waals surface area contributed by atoms with Crippen molar-refractivity contribution in [3.05, 3.63) is 22.2 Å². The molecule has 0 aromatic carbocycles. The largest absolute Gasteiger partial charge is 0.387 e. The minimum Gasteiger partial charge on any atom is -0.387 e. The zero-order valence-electron chi connectivity index (χ0n) is 9.85. The van der Waals surface area contributed by atoms with E-state index in [-0.39, 0.29) is 12.4 Å². The molecule has 2 heterocycles. The quantitative estimate of drug-likeness (QED) is 0.467. The van der Waals surface area contributed by atoms with E-state index in [4.69, 9.17) is 16.2 Å². The molecule has 1 fully saturated rings. The van der Waals surface area contributed by atoms with Gasteiger partial charge < -0.3 is 26.4 Å². The predicted octanol–water partition coefficient (Wildman–Crippen LogP) is -2.29. The van der Waals surface area contributed by atoms with Crippen LogP contribution < -0.4 is 17.2 Å². The number of hydrogen-bond donors (Lipinski definition) is 4. The summed E-state index contributed by atoms with van der Waals surface area (Å²) < 4.78 is 6.46. The first-order chi connectivity index (χ1) is 8.45. The fourth-order valence-electron chi connectivity index (χ4n) is 1.92. The highest BCUT2D eigenvalue weighted by atomic mass is 16.6. The number of aliphatic hydroxyl groups is 2. The summed E-state index contributed by atoms with van der Waals surface area (Å²) in [7, 11) is 0. The Kier molecular flexibility index (Phi) is 3.35. The number of rotatable bonds is 2. The van der Waals surface area contributed by atoms with E-state index in [1.165, 1.54) is 6.20 Å². The lowest BCUT2D eigenvalue weighted by atomic mass is 10.1. The molecule has 1 aliphatic rings. The first-order valence-electron chi connectivity index (χ1n) is 5.52. The van der Waals surface area contributed by atoms with Crippen molar-refractivity contribution >= 4 is 5.82 Å². The van der Waals surface area contributed by atoms with Crippen molar-refractivity contribution in [1.82, 2.24) is 9.55 Å². The number of ether oxygens (including phenoxy) is 1. The van der Waals surface area contributed by atoms with Crippen LogP contribution in [0.15, 0.2) is 11.0 Å². The van der Waals surface area contributed by atoms with Crippen LogP contribution in [0, 0.1) is 6.92 Å². The minimum absolute atomic E-state index is 0.0465. The zero-order valence-corrected chi connectivity index (χ0v) is 9.85. The molecule has 18 heavy (non-hydrogen) atoms.